The first kappa shape index (κ1) is 10.8. The van der Waals surface area contributed by atoms with Crippen molar-refractivity contribution in [2.45, 2.75) is 13.0 Å². The Balaban J connectivity index is 2.97. The van der Waals surface area contributed by atoms with Crippen LogP contribution in [0.1, 0.15) is 18.5 Å². The van der Waals surface area contributed by atoms with Crippen molar-refractivity contribution in [1.82, 2.24) is 0 Å². The van der Waals surface area contributed by atoms with Crippen molar-refractivity contribution >= 4 is 17.6 Å². The number of nitrogens with two attached hydrogens (primary N) is 2. The third-order valence-corrected chi connectivity index (χ3v) is 2.06. The minimum absolute atomic E-state index is 0.00190. The van der Waals surface area contributed by atoms with E-state index >= 15 is 0 Å². The average molecular weight is 216 g/mol. The standard InChI is InChI=1S/C9H11ClFN3/c1-5(14-9(12)13)6-2-3-8(11)7(10)4-6/h2-5H,1H3,(H4,12,13,14)/t5-/m1/s1. The van der Waals surface area contributed by atoms with Gasteiger partial charge in [0.1, 0.15) is 5.82 Å². The maximum absolute atomic E-state index is 12.8. The Morgan fingerprint density at radius 1 is 1.50 bits per heavy atom. The molecule has 3 nitrogen and oxygen atoms in total. The first-order valence-corrected chi connectivity index (χ1v) is 4.42. The molecule has 0 bridgehead atoms. The van der Waals surface area contributed by atoms with Crippen molar-refractivity contribution in [3.8, 4) is 0 Å². The molecule has 14 heavy (non-hydrogen) atoms. The number of hydrogen-bond acceptors (Lipinski definition) is 1. The molecule has 0 amide bonds. The Hall–Kier alpha value is -1.29. The van der Waals surface area contributed by atoms with Crippen LogP contribution in [0.25, 0.3) is 0 Å². The number of rotatable bonds is 2. The summed E-state index contributed by atoms with van der Waals surface area (Å²) in [5.41, 5.74) is 11.2. The fourth-order valence-corrected chi connectivity index (χ4v) is 1.26. The van der Waals surface area contributed by atoms with E-state index in [1.807, 2.05) is 0 Å². The summed E-state index contributed by atoms with van der Waals surface area (Å²) in [6.07, 6.45) is 0. The second kappa shape index (κ2) is 4.28. The van der Waals surface area contributed by atoms with Crippen LogP contribution < -0.4 is 11.5 Å². The van der Waals surface area contributed by atoms with Gasteiger partial charge in [-0.2, -0.15) is 0 Å². The summed E-state index contributed by atoms with van der Waals surface area (Å²) in [5.74, 6) is -0.453. The van der Waals surface area contributed by atoms with Crippen LogP contribution in [-0.4, -0.2) is 5.96 Å². The molecule has 0 saturated heterocycles. The third kappa shape index (κ3) is 2.60. The van der Waals surface area contributed by atoms with Gasteiger partial charge in [0, 0.05) is 0 Å². The van der Waals surface area contributed by atoms with Gasteiger partial charge in [-0.25, -0.2) is 9.38 Å². The van der Waals surface area contributed by atoms with Crippen LogP contribution >= 0.6 is 11.6 Å². The van der Waals surface area contributed by atoms with Crippen LogP contribution in [0.15, 0.2) is 23.2 Å². The van der Waals surface area contributed by atoms with Crippen LogP contribution in [0.5, 0.6) is 0 Å². The average Bonchev–Trinajstić information content (AvgIpc) is 2.08. The van der Waals surface area contributed by atoms with Crippen LogP contribution in [0.2, 0.25) is 5.02 Å². The van der Waals surface area contributed by atoms with E-state index in [-0.39, 0.29) is 17.0 Å². The number of halogens is 2. The van der Waals surface area contributed by atoms with E-state index in [1.54, 1.807) is 13.0 Å². The number of aliphatic imine (C=N–C) groups is 1. The van der Waals surface area contributed by atoms with Gasteiger partial charge in [-0.1, -0.05) is 17.7 Å². The maximum atomic E-state index is 12.8. The Kier molecular flexibility index (Phi) is 3.30. The smallest absolute Gasteiger partial charge is 0.186 e. The number of guanidine groups is 1. The molecule has 1 aromatic rings. The second-order valence-corrected chi connectivity index (χ2v) is 3.31. The van der Waals surface area contributed by atoms with E-state index < -0.39 is 5.82 Å². The molecule has 4 N–H and O–H groups in total. The van der Waals surface area contributed by atoms with Gasteiger partial charge < -0.3 is 11.5 Å². The van der Waals surface area contributed by atoms with Gasteiger partial charge in [-0.05, 0) is 24.6 Å². The normalized spacial score (nSPS) is 12.2. The molecule has 0 aliphatic rings. The Bertz CT molecular complexity index is 361. The highest BCUT2D eigenvalue weighted by atomic mass is 35.5. The molecule has 1 rings (SSSR count). The summed E-state index contributed by atoms with van der Waals surface area (Å²) in [4.78, 5) is 3.91. The van der Waals surface area contributed by atoms with E-state index in [0.717, 1.165) is 5.56 Å². The second-order valence-electron chi connectivity index (χ2n) is 2.90. The van der Waals surface area contributed by atoms with Crippen LogP contribution in [0.3, 0.4) is 0 Å². The lowest BCUT2D eigenvalue weighted by atomic mass is 10.1. The molecular weight excluding hydrogens is 205 g/mol. The summed E-state index contributed by atoms with van der Waals surface area (Å²) in [6.45, 7) is 1.79. The first-order valence-electron chi connectivity index (χ1n) is 4.04. The highest BCUT2D eigenvalue weighted by Gasteiger charge is 2.06. The predicted molar refractivity (Wildman–Crippen MR) is 55.6 cm³/mol. The lowest BCUT2D eigenvalue weighted by molar-refractivity contribution is 0.626. The largest absolute Gasteiger partial charge is 0.370 e. The fourth-order valence-electron chi connectivity index (χ4n) is 1.07. The molecule has 1 atom stereocenters. The van der Waals surface area contributed by atoms with Gasteiger partial charge in [0.2, 0.25) is 0 Å². The van der Waals surface area contributed by atoms with Crippen LogP contribution in [0, 0.1) is 5.82 Å². The minimum atomic E-state index is -0.452. The summed E-state index contributed by atoms with van der Waals surface area (Å²) >= 11 is 5.61. The molecule has 0 spiro atoms. The number of hydrogen-bond donors (Lipinski definition) is 2. The fraction of sp³-hybridized carbons (Fsp3) is 0.222. The number of benzene rings is 1. The topological polar surface area (TPSA) is 64.4 Å². The van der Waals surface area contributed by atoms with Gasteiger partial charge in [0.05, 0.1) is 11.1 Å². The van der Waals surface area contributed by atoms with Crippen LogP contribution in [-0.2, 0) is 0 Å². The Labute approximate surface area is 86.6 Å². The summed E-state index contributed by atoms with van der Waals surface area (Å²) in [7, 11) is 0. The lowest BCUT2D eigenvalue weighted by Gasteiger charge is -2.07. The zero-order valence-corrected chi connectivity index (χ0v) is 8.42. The van der Waals surface area contributed by atoms with E-state index in [9.17, 15) is 4.39 Å². The third-order valence-electron chi connectivity index (χ3n) is 1.77. The molecule has 0 heterocycles. The molecule has 0 unspecified atom stereocenters. The highest BCUT2D eigenvalue weighted by molar-refractivity contribution is 6.30. The van der Waals surface area contributed by atoms with Crippen molar-refractivity contribution < 1.29 is 4.39 Å². The van der Waals surface area contributed by atoms with Crippen molar-refractivity contribution in [2.75, 3.05) is 0 Å². The van der Waals surface area contributed by atoms with Gasteiger partial charge in [-0.3, -0.25) is 0 Å². The maximum Gasteiger partial charge on any atom is 0.186 e. The van der Waals surface area contributed by atoms with Crippen molar-refractivity contribution in [3.05, 3.63) is 34.6 Å². The van der Waals surface area contributed by atoms with Gasteiger partial charge in [0.15, 0.2) is 5.96 Å². The Morgan fingerprint density at radius 2 is 2.14 bits per heavy atom. The molecule has 0 aliphatic carbocycles. The van der Waals surface area contributed by atoms with Crippen molar-refractivity contribution in [1.29, 1.82) is 0 Å². The monoisotopic (exact) mass is 215 g/mol. The van der Waals surface area contributed by atoms with E-state index in [0.29, 0.717) is 0 Å². The first-order chi connectivity index (χ1) is 6.50. The molecule has 0 aromatic heterocycles. The molecule has 5 heteroatoms. The van der Waals surface area contributed by atoms with Gasteiger partial charge >= 0.3 is 0 Å². The van der Waals surface area contributed by atoms with E-state index in [4.69, 9.17) is 23.1 Å². The van der Waals surface area contributed by atoms with E-state index in [1.165, 1.54) is 12.1 Å². The minimum Gasteiger partial charge on any atom is -0.370 e. The summed E-state index contributed by atoms with van der Waals surface area (Å²) in [6, 6.07) is 4.17. The SMILES string of the molecule is C[C@@H](N=C(N)N)c1ccc(F)c(Cl)c1. The quantitative estimate of drug-likeness (QED) is 0.584. The van der Waals surface area contributed by atoms with Gasteiger partial charge in [-0.15, -0.1) is 0 Å². The molecule has 0 radical (unpaired) electrons. The zero-order chi connectivity index (χ0) is 10.7. The molecular formula is C9H11ClFN3. The highest BCUT2D eigenvalue weighted by Crippen LogP contribution is 2.22. The summed E-state index contributed by atoms with van der Waals surface area (Å²) in [5, 5.41) is 0.0696. The van der Waals surface area contributed by atoms with Crippen molar-refractivity contribution in [3.63, 3.8) is 0 Å². The van der Waals surface area contributed by atoms with E-state index in [2.05, 4.69) is 4.99 Å². The van der Waals surface area contributed by atoms with Crippen LogP contribution in [0.4, 0.5) is 4.39 Å². The van der Waals surface area contributed by atoms with Gasteiger partial charge in [0.25, 0.3) is 0 Å². The molecule has 76 valence electrons. The number of nitrogens with zero attached hydrogens (tertiary/aromatic N) is 1. The molecule has 0 fully saturated rings. The Morgan fingerprint density at radius 3 is 2.64 bits per heavy atom. The molecule has 1 aromatic carbocycles. The van der Waals surface area contributed by atoms with Crippen molar-refractivity contribution in [2.24, 2.45) is 16.5 Å². The molecule has 0 saturated carbocycles. The zero-order valence-electron chi connectivity index (χ0n) is 7.67. The molecule has 0 aliphatic heterocycles. The predicted octanol–water partition coefficient (Wildman–Crippen LogP) is 1.81. The summed E-state index contributed by atoms with van der Waals surface area (Å²) < 4.78 is 12.8. The lowest BCUT2D eigenvalue weighted by Crippen LogP contribution is -2.23.